The Labute approximate surface area is 126 Å². The molecule has 0 aromatic heterocycles. The van der Waals surface area contributed by atoms with Gasteiger partial charge in [0.25, 0.3) is 0 Å². The van der Waals surface area contributed by atoms with Crippen LogP contribution in [0.5, 0.6) is 0 Å². The van der Waals surface area contributed by atoms with Gasteiger partial charge in [-0.1, -0.05) is 25.0 Å². The van der Waals surface area contributed by atoms with Crippen LogP contribution in [0.1, 0.15) is 51.1 Å². The summed E-state index contributed by atoms with van der Waals surface area (Å²) in [6, 6.07) is 6.23. The van der Waals surface area contributed by atoms with E-state index in [-0.39, 0.29) is 23.8 Å². The van der Waals surface area contributed by atoms with Gasteiger partial charge in [0.1, 0.15) is 5.82 Å². The fraction of sp³-hybridized carbons (Fsp3) is 0.588. The number of carbonyl (C=O) groups is 1. The summed E-state index contributed by atoms with van der Waals surface area (Å²) in [7, 11) is 0. The van der Waals surface area contributed by atoms with E-state index in [0.29, 0.717) is 0 Å². The van der Waals surface area contributed by atoms with Gasteiger partial charge in [0.05, 0.1) is 6.04 Å². The second kappa shape index (κ2) is 7.55. The topological polar surface area (TPSA) is 32.3 Å². The second-order valence-corrected chi connectivity index (χ2v) is 5.90. The van der Waals surface area contributed by atoms with Crippen LogP contribution in [0.2, 0.25) is 0 Å². The predicted molar refractivity (Wildman–Crippen MR) is 82.5 cm³/mol. The standard InChI is InChI=1S/C17H25FN2O/c1-13(15-7-9-16(18)10-8-15)19-14(2)17(21)20-11-5-3-4-6-12-20/h7-10,13-14,19H,3-6,11-12H2,1-2H3/t13-,14?/m1/s1. The van der Waals surface area contributed by atoms with E-state index in [1.165, 1.54) is 25.0 Å². The molecule has 2 atom stereocenters. The van der Waals surface area contributed by atoms with Gasteiger partial charge in [0.15, 0.2) is 0 Å². The summed E-state index contributed by atoms with van der Waals surface area (Å²) in [5.74, 6) is -0.0643. The minimum atomic E-state index is -0.236. The number of nitrogens with one attached hydrogen (secondary N) is 1. The summed E-state index contributed by atoms with van der Waals surface area (Å²) >= 11 is 0. The number of nitrogens with zero attached hydrogens (tertiary/aromatic N) is 1. The zero-order valence-corrected chi connectivity index (χ0v) is 12.9. The fourth-order valence-electron chi connectivity index (χ4n) is 2.86. The average molecular weight is 292 g/mol. The van der Waals surface area contributed by atoms with Crippen LogP contribution in [0.3, 0.4) is 0 Å². The maximum atomic E-state index is 12.9. The molecule has 0 aliphatic carbocycles. The van der Waals surface area contributed by atoms with Crippen LogP contribution in [0.25, 0.3) is 0 Å². The highest BCUT2D eigenvalue weighted by Gasteiger charge is 2.22. The smallest absolute Gasteiger partial charge is 0.239 e. The predicted octanol–water partition coefficient (Wildman–Crippen LogP) is 3.27. The summed E-state index contributed by atoms with van der Waals surface area (Å²) < 4.78 is 12.9. The van der Waals surface area contributed by atoms with Crippen molar-refractivity contribution < 1.29 is 9.18 Å². The van der Waals surface area contributed by atoms with Crippen molar-refractivity contribution in [3.05, 3.63) is 35.6 Å². The number of carbonyl (C=O) groups excluding carboxylic acids is 1. The number of likely N-dealkylation sites (tertiary alicyclic amines) is 1. The Morgan fingerprint density at radius 2 is 1.67 bits per heavy atom. The molecule has 0 saturated carbocycles. The van der Waals surface area contributed by atoms with E-state index in [2.05, 4.69) is 5.32 Å². The molecule has 2 rings (SSSR count). The number of benzene rings is 1. The van der Waals surface area contributed by atoms with E-state index in [4.69, 9.17) is 0 Å². The molecule has 21 heavy (non-hydrogen) atoms. The summed E-state index contributed by atoms with van der Waals surface area (Å²) in [5.41, 5.74) is 0.993. The van der Waals surface area contributed by atoms with Crippen molar-refractivity contribution in [2.75, 3.05) is 13.1 Å². The molecule has 1 aliphatic rings. The molecule has 1 aromatic rings. The molecular formula is C17H25FN2O. The van der Waals surface area contributed by atoms with Crippen LogP contribution >= 0.6 is 0 Å². The fourth-order valence-corrected chi connectivity index (χ4v) is 2.86. The third kappa shape index (κ3) is 4.53. The minimum Gasteiger partial charge on any atom is -0.341 e. The molecule has 1 heterocycles. The Hall–Kier alpha value is -1.42. The van der Waals surface area contributed by atoms with Crippen LogP contribution < -0.4 is 5.32 Å². The van der Waals surface area contributed by atoms with Gasteiger partial charge >= 0.3 is 0 Å². The monoisotopic (exact) mass is 292 g/mol. The molecule has 0 bridgehead atoms. The van der Waals surface area contributed by atoms with Crippen LogP contribution in [0, 0.1) is 5.82 Å². The molecular weight excluding hydrogens is 267 g/mol. The van der Waals surface area contributed by atoms with Crippen molar-refractivity contribution in [3.8, 4) is 0 Å². The summed E-state index contributed by atoms with van der Waals surface area (Å²) in [6.07, 6.45) is 4.65. The summed E-state index contributed by atoms with van der Waals surface area (Å²) in [6.45, 7) is 5.65. The SMILES string of the molecule is CC(N[C@H](C)c1ccc(F)cc1)C(=O)N1CCCCCC1. The summed E-state index contributed by atoms with van der Waals surface area (Å²) in [4.78, 5) is 14.4. The molecule has 1 aromatic carbocycles. The molecule has 1 unspecified atom stereocenters. The van der Waals surface area contributed by atoms with E-state index >= 15 is 0 Å². The maximum absolute atomic E-state index is 12.9. The van der Waals surface area contributed by atoms with Gasteiger partial charge in [-0.25, -0.2) is 4.39 Å². The zero-order valence-electron chi connectivity index (χ0n) is 12.9. The van der Waals surface area contributed by atoms with E-state index in [0.717, 1.165) is 31.5 Å². The third-order valence-electron chi connectivity index (χ3n) is 4.16. The van der Waals surface area contributed by atoms with Gasteiger partial charge in [-0.05, 0) is 44.4 Å². The highest BCUT2D eigenvalue weighted by Crippen LogP contribution is 2.15. The molecule has 1 fully saturated rings. The van der Waals surface area contributed by atoms with Crippen molar-refractivity contribution in [2.45, 2.75) is 51.6 Å². The van der Waals surface area contributed by atoms with Crippen LogP contribution in [-0.4, -0.2) is 29.9 Å². The Kier molecular flexibility index (Phi) is 5.74. The van der Waals surface area contributed by atoms with Crippen LogP contribution in [-0.2, 0) is 4.79 Å². The quantitative estimate of drug-likeness (QED) is 0.923. The second-order valence-electron chi connectivity index (χ2n) is 5.90. The van der Waals surface area contributed by atoms with Crippen LogP contribution in [0.4, 0.5) is 4.39 Å². The Morgan fingerprint density at radius 3 is 2.24 bits per heavy atom. The van der Waals surface area contributed by atoms with E-state index in [1.54, 1.807) is 12.1 Å². The minimum absolute atomic E-state index is 0.0246. The molecule has 4 heteroatoms. The lowest BCUT2D eigenvalue weighted by atomic mass is 10.1. The van der Waals surface area contributed by atoms with Gasteiger partial charge < -0.3 is 4.90 Å². The Bertz CT molecular complexity index is 452. The van der Waals surface area contributed by atoms with E-state index in [9.17, 15) is 9.18 Å². The Morgan fingerprint density at radius 1 is 1.10 bits per heavy atom. The number of hydrogen-bond donors (Lipinski definition) is 1. The lowest BCUT2D eigenvalue weighted by Crippen LogP contribution is -2.45. The van der Waals surface area contributed by atoms with Gasteiger partial charge in [0, 0.05) is 19.1 Å². The number of hydrogen-bond acceptors (Lipinski definition) is 2. The van der Waals surface area contributed by atoms with E-state index in [1.807, 2.05) is 18.7 Å². The highest BCUT2D eigenvalue weighted by atomic mass is 19.1. The first-order valence-corrected chi connectivity index (χ1v) is 7.88. The first-order valence-electron chi connectivity index (χ1n) is 7.88. The van der Waals surface area contributed by atoms with Gasteiger partial charge in [0.2, 0.25) is 5.91 Å². The first kappa shape index (κ1) is 16.0. The number of amides is 1. The van der Waals surface area contributed by atoms with E-state index < -0.39 is 0 Å². The molecule has 3 nitrogen and oxygen atoms in total. The van der Waals surface area contributed by atoms with Crippen molar-refractivity contribution in [3.63, 3.8) is 0 Å². The normalized spacial score (nSPS) is 18.9. The lowest BCUT2D eigenvalue weighted by Gasteiger charge is -2.27. The third-order valence-corrected chi connectivity index (χ3v) is 4.16. The molecule has 1 amide bonds. The first-order chi connectivity index (χ1) is 10.1. The zero-order chi connectivity index (χ0) is 15.2. The van der Waals surface area contributed by atoms with Crippen LogP contribution in [0.15, 0.2) is 24.3 Å². The molecule has 0 radical (unpaired) electrons. The van der Waals surface area contributed by atoms with Crippen molar-refractivity contribution in [1.29, 1.82) is 0 Å². The van der Waals surface area contributed by atoms with Crippen molar-refractivity contribution in [2.24, 2.45) is 0 Å². The number of rotatable bonds is 4. The average Bonchev–Trinajstić information content (AvgIpc) is 2.76. The Balaban J connectivity index is 1.91. The molecule has 1 aliphatic heterocycles. The lowest BCUT2D eigenvalue weighted by molar-refractivity contribution is -0.133. The molecule has 1 N–H and O–H groups in total. The van der Waals surface area contributed by atoms with Gasteiger partial charge in [-0.15, -0.1) is 0 Å². The van der Waals surface area contributed by atoms with Crippen molar-refractivity contribution >= 4 is 5.91 Å². The molecule has 1 saturated heterocycles. The molecule has 116 valence electrons. The summed E-state index contributed by atoms with van der Waals surface area (Å²) in [5, 5.41) is 3.32. The number of halogens is 1. The van der Waals surface area contributed by atoms with Gasteiger partial charge in [-0.3, -0.25) is 10.1 Å². The highest BCUT2D eigenvalue weighted by molar-refractivity contribution is 5.81. The maximum Gasteiger partial charge on any atom is 0.239 e. The molecule has 0 spiro atoms. The largest absolute Gasteiger partial charge is 0.341 e. The van der Waals surface area contributed by atoms with Crippen molar-refractivity contribution in [1.82, 2.24) is 10.2 Å². The van der Waals surface area contributed by atoms with Gasteiger partial charge in [-0.2, -0.15) is 0 Å².